The van der Waals surface area contributed by atoms with Crippen LogP contribution in [-0.4, -0.2) is 30.6 Å². The van der Waals surface area contributed by atoms with Crippen LogP contribution in [0.4, 0.5) is 0 Å². The zero-order valence-electron chi connectivity index (χ0n) is 11.8. The highest BCUT2D eigenvalue weighted by molar-refractivity contribution is 5.70. The van der Waals surface area contributed by atoms with Gasteiger partial charge < -0.3 is 4.74 Å². The Morgan fingerprint density at radius 2 is 1.94 bits per heavy atom. The smallest absolute Gasteiger partial charge is 0.307 e. The Bertz CT molecular complexity index is 373. The molecule has 0 radical (unpaired) electrons. The highest BCUT2D eigenvalue weighted by Crippen LogP contribution is 2.10. The first-order valence-corrected chi connectivity index (χ1v) is 6.44. The Morgan fingerprint density at radius 1 is 1.33 bits per heavy atom. The van der Waals surface area contributed by atoms with Crippen molar-refractivity contribution in [2.24, 2.45) is 0 Å². The SMILES string of the molecule is CCOC(=O)CC(C)N(C)Cc1ccc(C)cc1. The highest BCUT2D eigenvalue weighted by atomic mass is 16.5. The number of esters is 1. The van der Waals surface area contributed by atoms with Gasteiger partial charge in [0.25, 0.3) is 0 Å². The van der Waals surface area contributed by atoms with Gasteiger partial charge in [0.15, 0.2) is 0 Å². The zero-order valence-corrected chi connectivity index (χ0v) is 11.8. The first-order chi connectivity index (χ1) is 8.52. The van der Waals surface area contributed by atoms with Crippen LogP contribution in [0.1, 0.15) is 31.4 Å². The number of hydrogen-bond acceptors (Lipinski definition) is 3. The van der Waals surface area contributed by atoms with Crippen LogP contribution in [0.2, 0.25) is 0 Å². The number of nitrogens with zero attached hydrogens (tertiary/aromatic N) is 1. The number of benzene rings is 1. The molecule has 3 nitrogen and oxygen atoms in total. The maximum absolute atomic E-state index is 11.4. The summed E-state index contributed by atoms with van der Waals surface area (Å²) in [4.78, 5) is 13.6. The molecule has 1 aromatic rings. The summed E-state index contributed by atoms with van der Waals surface area (Å²) in [6, 6.07) is 8.66. The highest BCUT2D eigenvalue weighted by Gasteiger charge is 2.14. The number of hydrogen-bond donors (Lipinski definition) is 0. The van der Waals surface area contributed by atoms with E-state index in [4.69, 9.17) is 4.74 Å². The number of rotatable bonds is 6. The molecule has 0 saturated heterocycles. The Morgan fingerprint density at radius 3 is 2.50 bits per heavy atom. The third-order valence-electron chi connectivity index (χ3n) is 3.07. The van der Waals surface area contributed by atoms with Crippen LogP contribution in [0, 0.1) is 6.92 Å². The summed E-state index contributed by atoms with van der Waals surface area (Å²) in [7, 11) is 2.03. The number of carbonyl (C=O) groups is 1. The minimum absolute atomic E-state index is 0.124. The summed E-state index contributed by atoms with van der Waals surface area (Å²) in [6.07, 6.45) is 0.441. The van der Waals surface area contributed by atoms with E-state index in [1.807, 2.05) is 20.9 Å². The van der Waals surface area contributed by atoms with E-state index in [-0.39, 0.29) is 12.0 Å². The molecule has 100 valence electrons. The first-order valence-electron chi connectivity index (χ1n) is 6.44. The summed E-state index contributed by atoms with van der Waals surface area (Å²) < 4.78 is 4.96. The predicted molar refractivity (Wildman–Crippen MR) is 73.4 cm³/mol. The van der Waals surface area contributed by atoms with E-state index in [9.17, 15) is 4.79 Å². The number of carbonyl (C=O) groups excluding carboxylic acids is 1. The molecule has 0 aliphatic heterocycles. The molecule has 1 atom stereocenters. The van der Waals surface area contributed by atoms with Crippen LogP contribution in [-0.2, 0) is 16.1 Å². The zero-order chi connectivity index (χ0) is 13.5. The standard InChI is InChI=1S/C15H23NO2/c1-5-18-15(17)10-13(3)16(4)11-14-8-6-12(2)7-9-14/h6-9,13H,5,10-11H2,1-4H3. The Labute approximate surface area is 110 Å². The van der Waals surface area contributed by atoms with Crippen LogP contribution in [0.15, 0.2) is 24.3 Å². The van der Waals surface area contributed by atoms with Gasteiger partial charge in [-0.3, -0.25) is 9.69 Å². The van der Waals surface area contributed by atoms with E-state index in [2.05, 4.69) is 36.1 Å². The molecule has 18 heavy (non-hydrogen) atoms. The van der Waals surface area contributed by atoms with Gasteiger partial charge in [0.1, 0.15) is 0 Å². The molecule has 0 saturated carbocycles. The number of ether oxygens (including phenoxy) is 1. The summed E-state index contributed by atoms with van der Waals surface area (Å²) >= 11 is 0. The molecule has 0 heterocycles. The van der Waals surface area contributed by atoms with Crippen LogP contribution in [0.3, 0.4) is 0 Å². The molecule has 0 aliphatic carbocycles. The molecule has 0 amide bonds. The van der Waals surface area contributed by atoms with Gasteiger partial charge in [-0.05, 0) is 33.4 Å². The normalized spacial score (nSPS) is 12.5. The topological polar surface area (TPSA) is 29.5 Å². The Kier molecular flexibility index (Phi) is 5.86. The second kappa shape index (κ2) is 7.17. The fraction of sp³-hybridized carbons (Fsp3) is 0.533. The van der Waals surface area contributed by atoms with Crippen LogP contribution in [0.5, 0.6) is 0 Å². The molecule has 0 spiro atoms. The van der Waals surface area contributed by atoms with Gasteiger partial charge >= 0.3 is 5.97 Å². The second-order valence-electron chi connectivity index (χ2n) is 4.76. The summed E-state index contributed by atoms with van der Waals surface area (Å²) in [6.45, 7) is 7.26. The van der Waals surface area contributed by atoms with Gasteiger partial charge in [-0.15, -0.1) is 0 Å². The molecule has 3 heteroatoms. The minimum Gasteiger partial charge on any atom is -0.466 e. The molecule has 0 fully saturated rings. The average Bonchev–Trinajstić information content (AvgIpc) is 2.32. The van der Waals surface area contributed by atoms with Gasteiger partial charge in [0.05, 0.1) is 13.0 Å². The van der Waals surface area contributed by atoms with Crippen molar-refractivity contribution >= 4 is 5.97 Å². The van der Waals surface area contributed by atoms with Gasteiger partial charge in [-0.1, -0.05) is 29.8 Å². The van der Waals surface area contributed by atoms with Crippen molar-refractivity contribution in [1.82, 2.24) is 4.90 Å². The van der Waals surface area contributed by atoms with E-state index in [0.29, 0.717) is 13.0 Å². The van der Waals surface area contributed by atoms with Gasteiger partial charge in [-0.25, -0.2) is 0 Å². The molecule has 0 aliphatic rings. The molecular weight excluding hydrogens is 226 g/mol. The average molecular weight is 249 g/mol. The van der Waals surface area contributed by atoms with Crippen molar-refractivity contribution in [3.63, 3.8) is 0 Å². The maximum Gasteiger partial charge on any atom is 0.307 e. The van der Waals surface area contributed by atoms with Crippen molar-refractivity contribution in [3.8, 4) is 0 Å². The molecule has 0 N–H and O–H groups in total. The lowest BCUT2D eigenvalue weighted by molar-refractivity contribution is -0.144. The van der Waals surface area contributed by atoms with Gasteiger partial charge in [0.2, 0.25) is 0 Å². The fourth-order valence-corrected chi connectivity index (χ4v) is 1.75. The van der Waals surface area contributed by atoms with Crippen molar-refractivity contribution in [2.45, 2.75) is 39.8 Å². The van der Waals surface area contributed by atoms with E-state index < -0.39 is 0 Å². The van der Waals surface area contributed by atoms with E-state index in [1.54, 1.807) is 0 Å². The Hall–Kier alpha value is -1.35. The predicted octanol–water partition coefficient (Wildman–Crippen LogP) is 2.77. The molecular formula is C15H23NO2. The molecule has 1 unspecified atom stereocenters. The summed E-state index contributed by atoms with van der Waals surface area (Å²) in [5.74, 6) is -0.124. The van der Waals surface area contributed by atoms with Gasteiger partial charge in [0, 0.05) is 12.6 Å². The van der Waals surface area contributed by atoms with Crippen LogP contribution >= 0.6 is 0 Å². The third-order valence-corrected chi connectivity index (χ3v) is 3.07. The van der Waals surface area contributed by atoms with Crippen LogP contribution < -0.4 is 0 Å². The van der Waals surface area contributed by atoms with Crippen molar-refractivity contribution in [2.75, 3.05) is 13.7 Å². The summed E-state index contributed by atoms with van der Waals surface area (Å²) in [5, 5.41) is 0. The van der Waals surface area contributed by atoms with Crippen molar-refractivity contribution in [3.05, 3.63) is 35.4 Å². The van der Waals surface area contributed by atoms with E-state index >= 15 is 0 Å². The fourth-order valence-electron chi connectivity index (χ4n) is 1.75. The number of aryl methyl sites for hydroxylation is 1. The van der Waals surface area contributed by atoms with Gasteiger partial charge in [-0.2, -0.15) is 0 Å². The largest absolute Gasteiger partial charge is 0.466 e. The lowest BCUT2D eigenvalue weighted by atomic mass is 10.1. The maximum atomic E-state index is 11.4. The van der Waals surface area contributed by atoms with Crippen molar-refractivity contribution in [1.29, 1.82) is 0 Å². The molecule has 1 aromatic carbocycles. The van der Waals surface area contributed by atoms with Crippen LogP contribution in [0.25, 0.3) is 0 Å². The lowest BCUT2D eigenvalue weighted by Gasteiger charge is -2.24. The monoisotopic (exact) mass is 249 g/mol. The lowest BCUT2D eigenvalue weighted by Crippen LogP contribution is -2.31. The van der Waals surface area contributed by atoms with Crippen molar-refractivity contribution < 1.29 is 9.53 Å². The molecule has 1 rings (SSSR count). The molecule has 0 bridgehead atoms. The molecule has 0 aromatic heterocycles. The van der Waals surface area contributed by atoms with E-state index in [1.165, 1.54) is 11.1 Å². The second-order valence-corrected chi connectivity index (χ2v) is 4.76. The van der Waals surface area contributed by atoms with E-state index in [0.717, 1.165) is 6.54 Å². The quantitative estimate of drug-likeness (QED) is 0.726. The minimum atomic E-state index is -0.124. The summed E-state index contributed by atoms with van der Waals surface area (Å²) in [5.41, 5.74) is 2.53. The first kappa shape index (κ1) is 14.7. The third kappa shape index (κ3) is 4.88. The Balaban J connectivity index is 2.46.